The lowest BCUT2D eigenvalue weighted by Crippen LogP contribution is -2.49. The molecule has 0 bridgehead atoms. The Morgan fingerprint density at radius 3 is 2.56 bits per heavy atom. The van der Waals surface area contributed by atoms with Crippen LogP contribution in [0.1, 0.15) is 28.6 Å². The predicted octanol–water partition coefficient (Wildman–Crippen LogP) is 2.34. The van der Waals surface area contributed by atoms with Crippen molar-refractivity contribution in [3.8, 4) is 5.75 Å². The van der Waals surface area contributed by atoms with Crippen molar-refractivity contribution in [1.29, 1.82) is 0 Å². The van der Waals surface area contributed by atoms with Crippen molar-refractivity contribution >= 4 is 0 Å². The first kappa shape index (κ1) is 22.3. The largest absolute Gasteiger partial charge is 0.507 e. The number of β-amino-alcohol motifs (C(OH)–C–C–N with tert-alkyl or cyclic N) is 1. The second-order valence-corrected chi connectivity index (χ2v) is 8.11. The molecule has 1 aliphatic rings. The van der Waals surface area contributed by atoms with E-state index in [0.29, 0.717) is 49.7 Å². The Labute approximate surface area is 185 Å². The van der Waals surface area contributed by atoms with Gasteiger partial charge in [-0.15, -0.1) is 0 Å². The number of piperazine rings is 1. The highest BCUT2D eigenvalue weighted by Crippen LogP contribution is 2.33. The lowest BCUT2D eigenvalue weighted by Gasteiger charge is -2.39. The number of aliphatic hydroxyl groups is 1. The fourth-order valence-corrected chi connectivity index (χ4v) is 4.40. The van der Waals surface area contributed by atoms with Crippen LogP contribution < -0.4 is 5.56 Å². The van der Waals surface area contributed by atoms with Gasteiger partial charge in [0.2, 0.25) is 0 Å². The molecule has 2 N–H and O–H groups in total. The first-order valence-corrected chi connectivity index (χ1v) is 10.8. The Bertz CT molecular complexity index is 1100. The smallest absolute Gasteiger partial charge is 0.260 e. The maximum absolute atomic E-state index is 14.2. The monoisotopic (exact) mass is 441 g/mol. The number of pyridine rings is 1. The summed E-state index contributed by atoms with van der Waals surface area (Å²) in [4.78, 5) is 17.9. The Morgan fingerprint density at radius 2 is 1.91 bits per heavy atom. The van der Waals surface area contributed by atoms with Crippen molar-refractivity contribution < 1.29 is 19.0 Å². The van der Waals surface area contributed by atoms with Gasteiger partial charge in [0.15, 0.2) is 0 Å². The van der Waals surface area contributed by atoms with Crippen molar-refractivity contribution in [3.63, 3.8) is 0 Å². The molecule has 1 aromatic carbocycles. The molecule has 3 heterocycles. The number of hydrogen-bond donors (Lipinski definition) is 2. The van der Waals surface area contributed by atoms with Gasteiger partial charge in [0.25, 0.3) is 5.56 Å². The van der Waals surface area contributed by atoms with Gasteiger partial charge < -0.3 is 19.2 Å². The minimum Gasteiger partial charge on any atom is -0.507 e. The van der Waals surface area contributed by atoms with E-state index in [-0.39, 0.29) is 30.0 Å². The number of aromatic nitrogens is 1. The molecule has 0 amide bonds. The van der Waals surface area contributed by atoms with E-state index in [9.17, 15) is 19.4 Å². The third kappa shape index (κ3) is 4.62. The van der Waals surface area contributed by atoms with E-state index in [1.807, 2.05) is 0 Å². The van der Waals surface area contributed by atoms with Crippen molar-refractivity contribution in [2.24, 2.45) is 0 Å². The molecule has 2 aromatic heterocycles. The van der Waals surface area contributed by atoms with E-state index in [1.165, 1.54) is 12.1 Å². The average molecular weight is 442 g/mol. The lowest BCUT2D eigenvalue weighted by atomic mass is 9.95. The van der Waals surface area contributed by atoms with Gasteiger partial charge in [0.1, 0.15) is 17.3 Å². The average Bonchev–Trinajstić information content (AvgIpc) is 3.28. The Balaban J connectivity index is 1.78. The Kier molecular flexibility index (Phi) is 6.74. The van der Waals surface area contributed by atoms with Crippen molar-refractivity contribution in [3.05, 3.63) is 87.5 Å². The molecule has 4 rings (SSSR count). The molecule has 8 heteroatoms. The van der Waals surface area contributed by atoms with Crippen LogP contribution in [0.25, 0.3) is 0 Å². The summed E-state index contributed by atoms with van der Waals surface area (Å²) in [7, 11) is 0. The predicted molar refractivity (Wildman–Crippen MR) is 118 cm³/mol. The summed E-state index contributed by atoms with van der Waals surface area (Å²) in [6.45, 7) is 5.33. The molecular weight excluding hydrogens is 413 g/mol. The number of benzene rings is 1. The van der Waals surface area contributed by atoms with Crippen LogP contribution >= 0.6 is 0 Å². The van der Waals surface area contributed by atoms with E-state index in [1.54, 1.807) is 48.1 Å². The zero-order valence-electron chi connectivity index (χ0n) is 18.1. The van der Waals surface area contributed by atoms with Gasteiger partial charge in [-0.25, -0.2) is 4.39 Å². The molecule has 0 spiro atoms. The van der Waals surface area contributed by atoms with Crippen molar-refractivity contribution in [2.75, 3.05) is 39.3 Å². The summed E-state index contributed by atoms with van der Waals surface area (Å²) in [6, 6.07) is 10.7. The van der Waals surface area contributed by atoms with Crippen LogP contribution in [0.5, 0.6) is 5.75 Å². The third-order valence-electron chi connectivity index (χ3n) is 6.04. The minimum atomic E-state index is -0.599. The fourth-order valence-electron chi connectivity index (χ4n) is 4.40. The van der Waals surface area contributed by atoms with Crippen LogP contribution in [0, 0.1) is 12.7 Å². The summed E-state index contributed by atoms with van der Waals surface area (Å²) < 4.78 is 21.1. The molecule has 1 fully saturated rings. The number of aliphatic hydroxyl groups excluding tert-OH is 1. The zero-order chi connectivity index (χ0) is 22.7. The molecule has 170 valence electrons. The highest BCUT2D eigenvalue weighted by atomic mass is 19.1. The molecular formula is C24H28FN3O4. The SMILES string of the molecule is Cc1cc(O)c(C(c2cccc(F)c2)N2CCN(CCO)CC2)c(=O)n1Cc1ccco1. The number of furan rings is 1. The molecule has 7 nitrogen and oxygen atoms in total. The topological polar surface area (TPSA) is 82.1 Å². The third-order valence-corrected chi connectivity index (χ3v) is 6.04. The molecule has 1 atom stereocenters. The summed E-state index contributed by atoms with van der Waals surface area (Å²) in [5, 5.41) is 20.1. The van der Waals surface area contributed by atoms with E-state index in [2.05, 4.69) is 9.80 Å². The van der Waals surface area contributed by atoms with Gasteiger partial charge >= 0.3 is 0 Å². The quantitative estimate of drug-likeness (QED) is 0.586. The van der Waals surface area contributed by atoms with E-state index in [4.69, 9.17) is 4.42 Å². The fraction of sp³-hybridized carbons (Fsp3) is 0.375. The number of rotatable bonds is 7. The van der Waals surface area contributed by atoms with E-state index >= 15 is 0 Å². The minimum absolute atomic E-state index is 0.0869. The van der Waals surface area contributed by atoms with E-state index in [0.717, 1.165) is 0 Å². The van der Waals surface area contributed by atoms with Gasteiger partial charge in [-0.2, -0.15) is 0 Å². The first-order chi connectivity index (χ1) is 15.5. The molecule has 1 saturated heterocycles. The number of halogens is 1. The molecule has 0 saturated carbocycles. The zero-order valence-corrected chi connectivity index (χ0v) is 18.1. The number of hydrogen-bond acceptors (Lipinski definition) is 6. The standard InChI is InChI=1S/C24H28FN3O4/c1-17-14-21(30)22(24(31)28(17)16-20-6-3-13-32-20)23(18-4-2-5-19(25)15-18)27-9-7-26(8-10-27)11-12-29/h2-6,13-15,23,29-30H,7-12,16H2,1H3. The molecule has 0 aliphatic carbocycles. The molecule has 3 aromatic rings. The highest BCUT2D eigenvalue weighted by Gasteiger charge is 2.31. The lowest BCUT2D eigenvalue weighted by molar-refractivity contribution is 0.0931. The van der Waals surface area contributed by atoms with Gasteiger partial charge in [0.05, 0.1) is 31.0 Å². The van der Waals surface area contributed by atoms with Gasteiger partial charge in [-0.1, -0.05) is 12.1 Å². The van der Waals surface area contributed by atoms with Crippen molar-refractivity contribution in [2.45, 2.75) is 19.5 Å². The summed E-state index contributed by atoms with van der Waals surface area (Å²) >= 11 is 0. The molecule has 0 radical (unpaired) electrons. The normalized spacial score (nSPS) is 16.3. The van der Waals surface area contributed by atoms with Crippen LogP contribution in [0.4, 0.5) is 4.39 Å². The van der Waals surface area contributed by atoms with Crippen LogP contribution in [-0.2, 0) is 6.54 Å². The maximum atomic E-state index is 14.2. The van der Waals surface area contributed by atoms with Crippen LogP contribution in [-0.4, -0.2) is 63.9 Å². The Morgan fingerprint density at radius 1 is 1.12 bits per heavy atom. The maximum Gasteiger partial charge on any atom is 0.260 e. The van der Waals surface area contributed by atoms with E-state index < -0.39 is 11.9 Å². The van der Waals surface area contributed by atoms with Crippen LogP contribution in [0.3, 0.4) is 0 Å². The summed E-state index contributed by atoms with van der Waals surface area (Å²) in [6.07, 6.45) is 1.55. The van der Waals surface area contributed by atoms with Crippen LogP contribution in [0.15, 0.2) is 57.9 Å². The summed E-state index contributed by atoms with van der Waals surface area (Å²) in [5.41, 5.74) is 1.12. The first-order valence-electron chi connectivity index (χ1n) is 10.8. The molecule has 32 heavy (non-hydrogen) atoms. The molecule has 1 unspecified atom stereocenters. The number of nitrogens with zero attached hydrogens (tertiary/aromatic N) is 3. The van der Waals surface area contributed by atoms with Gasteiger partial charge in [-0.3, -0.25) is 14.6 Å². The molecule has 1 aliphatic heterocycles. The second-order valence-electron chi connectivity index (χ2n) is 8.11. The summed E-state index contributed by atoms with van der Waals surface area (Å²) in [5.74, 6) is 0.135. The van der Waals surface area contributed by atoms with Gasteiger partial charge in [0, 0.05) is 38.4 Å². The number of aromatic hydroxyl groups is 1. The van der Waals surface area contributed by atoms with Crippen molar-refractivity contribution in [1.82, 2.24) is 14.4 Å². The number of aryl methyl sites for hydroxylation is 1. The van der Waals surface area contributed by atoms with Gasteiger partial charge in [-0.05, 0) is 42.8 Å². The second kappa shape index (κ2) is 9.68. The highest BCUT2D eigenvalue weighted by molar-refractivity contribution is 5.41. The van der Waals surface area contributed by atoms with Crippen LogP contribution in [0.2, 0.25) is 0 Å². The Hall–Kier alpha value is -2.94.